The van der Waals surface area contributed by atoms with Crippen LogP contribution in [0.15, 0.2) is 48.5 Å². The minimum absolute atomic E-state index is 0.0377. The zero-order chi connectivity index (χ0) is 19.3. The molecule has 0 saturated heterocycles. The van der Waals surface area contributed by atoms with Gasteiger partial charge >= 0.3 is 12.1 Å². The Morgan fingerprint density at radius 3 is 2.44 bits per heavy atom. The zero-order valence-electron chi connectivity index (χ0n) is 14.1. The van der Waals surface area contributed by atoms with E-state index in [1.807, 2.05) is 18.2 Å². The first-order valence-electron chi connectivity index (χ1n) is 8.27. The van der Waals surface area contributed by atoms with Gasteiger partial charge in [-0.2, -0.15) is 13.2 Å². The Kier molecular flexibility index (Phi) is 3.83. The van der Waals surface area contributed by atoms with Crippen LogP contribution in [0.4, 0.5) is 13.2 Å². The molecule has 0 fully saturated rings. The number of halogens is 3. The fourth-order valence-corrected chi connectivity index (χ4v) is 3.62. The number of pyridine rings is 1. The number of hydrogen-bond donors (Lipinski definition) is 1. The highest BCUT2D eigenvalue weighted by molar-refractivity contribution is 6.06. The number of benzene rings is 2. The number of alkyl halides is 3. The molecule has 0 amide bonds. The predicted octanol–water partition coefficient (Wildman–Crippen LogP) is 4.86. The average Bonchev–Trinajstić information content (AvgIpc) is 2.93. The van der Waals surface area contributed by atoms with Crippen LogP contribution in [0.1, 0.15) is 40.0 Å². The number of para-hydroxylation sites is 1. The van der Waals surface area contributed by atoms with Crippen molar-refractivity contribution in [2.45, 2.75) is 25.1 Å². The number of aromatic carboxylic acids is 1. The molecule has 2 atom stereocenters. The number of carboxylic acids is 1. The minimum atomic E-state index is -4.65. The molecule has 2 unspecified atom stereocenters. The highest BCUT2D eigenvalue weighted by Crippen LogP contribution is 2.46. The Morgan fingerprint density at radius 2 is 1.81 bits per heavy atom. The number of rotatable bonds is 2. The summed E-state index contributed by atoms with van der Waals surface area (Å²) < 4.78 is 46.2. The Hall–Kier alpha value is -3.09. The number of carboxylic acid groups (broad SMARTS) is 1. The first-order valence-corrected chi connectivity index (χ1v) is 8.27. The topological polar surface area (TPSA) is 59.4 Å². The van der Waals surface area contributed by atoms with Gasteiger partial charge in [-0.05, 0) is 18.6 Å². The molecule has 0 spiro atoms. The van der Waals surface area contributed by atoms with E-state index in [2.05, 4.69) is 4.98 Å². The molecule has 4 rings (SSSR count). The zero-order valence-corrected chi connectivity index (χ0v) is 14.1. The molecular formula is C20H14F3NO3. The van der Waals surface area contributed by atoms with Gasteiger partial charge in [0.05, 0.1) is 22.7 Å². The summed E-state index contributed by atoms with van der Waals surface area (Å²) in [4.78, 5) is 16.2. The first-order chi connectivity index (χ1) is 12.8. The van der Waals surface area contributed by atoms with Gasteiger partial charge in [0.1, 0.15) is 11.7 Å². The highest BCUT2D eigenvalue weighted by atomic mass is 19.4. The lowest BCUT2D eigenvalue weighted by atomic mass is 9.90. The van der Waals surface area contributed by atoms with Crippen molar-refractivity contribution in [2.75, 3.05) is 0 Å². The second-order valence-corrected chi connectivity index (χ2v) is 6.42. The Labute approximate surface area is 152 Å². The summed E-state index contributed by atoms with van der Waals surface area (Å²) >= 11 is 0. The molecule has 1 aromatic heterocycles. The van der Waals surface area contributed by atoms with Gasteiger partial charge in [-0.1, -0.05) is 42.5 Å². The number of hydrogen-bond acceptors (Lipinski definition) is 3. The molecule has 7 heteroatoms. The summed E-state index contributed by atoms with van der Waals surface area (Å²) in [6.45, 7) is 1.75. The average molecular weight is 373 g/mol. The van der Waals surface area contributed by atoms with Crippen molar-refractivity contribution in [1.29, 1.82) is 0 Å². The number of nitrogens with zero attached hydrogens (tertiary/aromatic N) is 1. The normalized spacial score (nSPS) is 19.0. The molecule has 138 valence electrons. The van der Waals surface area contributed by atoms with Gasteiger partial charge in [0.15, 0.2) is 5.75 Å². The smallest absolute Gasteiger partial charge is 0.418 e. The molecule has 0 radical (unpaired) electrons. The van der Waals surface area contributed by atoms with Crippen LogP contribution in [0.3, 0.4) is 0 Å². The van der Waals surface area contributed by atoms with E-state index >= 15 is 0 Å². The maximum atomic E-state index is 13.5. The maximum absolute atomic E-state index is 13.5. The van der Waals surface area contributed by atoms with E-state index in [0.29, 0.717) is 0 Å². The molecule has 0 saturated carbocycles. The quantitative estimate of drug-likeness (QED) is 0.697. The standard InChI is InChI=1S/C20H14F3NO3/c1-10-14(11-6-3-2-4-7-11)17-18(27-10)15(19(25)26)12-8-5-9-13(16(12)24-17)20(21,22)23/h2-10,14H,1H3,(H,25,26). The number of aromatic nitrogens is 1. The van der Waals surface area contributed by atoms with Crippen molar-refractivity contribution in [3.63, 3.8) is 0 Å². The van der Waals surface area contributed by atoms with E-state index in [1.54, 1.807) is 19.1 Å². The minimum Gasteiger partial charge on any atom is -0.487 e. The van der Waals surface area contributed by atoms with Gasteiger partial charge in [-0.3, -0.25) is 0 Å². The third kappa shape index (κ3) is 2.70. The van der Waals surface area contributed by atoms with Crippen molar-refractivity contribution in [3.8, 4) is 5.75 Å². The summed E-state index contributed by atoms with van der Waals surface area (Å²) in [5.74, 6) is -1.76. The second-order valence-electron chi connectivity index (χ2n) is 6.42. The lowest BCUT2D eigenvalue weighted by Gasteiger charge is -2.15. The Morgan fingerprint density at radius 1 is 1.11 bits per heavy atom. The van der Waals surface area contributed by atoms with E-state index < -0.39 is 29.7 Å². The Balaban J connectivity index is 2.08. The largest absolute Gasteiger partial charge is 0.487 e. The van der Waals surface area contributed by atoms with E-state index in [0.717, 1.165) is 11.6 Å². The van der Waals surface area contributed by atoms with Crippen LogP contribution >= 0.6 is 0 Å². The van der Waals surface area contributed by atoms with Crippen molar-refractivity contribution in [2.24, 2.45) is 0 Å². The van der Waals surface area contributed by atoms with Gasteiger partial charge in [0, 0.05) is 5.39 Å². The molecule has 1 N–H and O–H groups in total. The lowest BCUT2D eigenvalue weighted by molar-refractivity contribution is -0.136. The van der Waals surface area contributed by atoms with E-state index in [9.17, 15) is 23.1 Å². The third-order valence-corrected chi connectivity index (χ3v) is 4.74. The van der Waals surface area contributed by atoms with Gasteiger partial charge < -0.3 is 9.84 Å². The summed E-state index contributed by atoms with van der Waals surface area (Å²) in [6.07, 6.45) is -5.11. The summed E-state index contributed by atoms with van der Waals surface area (Å²) in [7, 11) is 0. The molecule has 0 aliphatic carbocycles. The predicted molar refractivity (Wildman–Crippen MR) is 92.1 cm³/mol. The molecule has 3 aromatic rings. The third-order valence-electron chi connectivity index (χ3n) is 4.74. The maximum Gasteiger partial charge on any atom is 0.418 e. The van der Waals surface area contributed by atoms with Gasteiger partial charge in [-0.15, -0.1) is 0 Å². The van der Waals surface area contributed by atoms with Gasteiger partial charge in [0.2, 0.25) is 0 Å². The van der Waals surface area contributed by atoms with Crippen molar-refractivity contribution in [1.82, 2.24) is 4.98 Å². The summed E-state index contributed by atoms with van der Waals surface area (Å²) in [5.41, 5.74) is -0.602. The van der Waals surface area contributed by atoms with Crippen LogP contribution in [-0.4, -0.2) is 22.2 Å². The highest BCUT2D eigenvalue weighted by Gasteiger charge is 2.40. The molecule has 1 aliphatic rings. The number of ether oxygens (including phenoxy) is 1. The van der Waals surface area contributed by atoms with Crippen LogP contribution < -0.4 is 4.74 Å². The first kappa shape index (κ1) is 17.3. The van der Waals surface area contributed by atoms with Crippen molar-refractivity contribution >= 4 is 16.9 Å². The number of carbonyl (C=O) groups is 1. The lowest BCUT2D eigenvalue weighted by Crippen LogP contribution is -2.15. The van der Waals surface area contributed by atoms with Gasteiger partial charge in [0.25, 0.3) is 0 Å². The molecular weight excluding hydrogens is 359 g/mol. The molecule has 1 aliphatic heterocycles. The van der Waals surface area contributed by atoms with Crippen LogP contribution in [0.5, 0.6) is 5.75 Å². The molecule has 2 heterocycles. The van der Waals surface area contributed by atoms with Gasteiger partial charge in [-0.25, -0.2) is 9.78 Å². The Bertz CT molecular complexity index is 1050. The molecule has 2 aromatic carbocycles. The van der Waals surface area contributed by atoms with Crippen LogP contribution in [-0.2, 0) is 6.18 Å². The van der Waals surface area contributed by atoms with Crippen molar-refractivity contribution < 1.29 is 27.8 Å². The van der Waals surface area contributed by atoms with Crippen LogP contribution in [0.2, 0.25) is 0 Å². The summed E-state index contributed by atoms with van der Waals surface area (Å²) in [6, 6.07) is 12.5. The van der Waals surface area contributed by atoms with E-state index in [1.165, 1.54) is 12.1 Å². The monoisotopic (exact) mass is 373 g/mol. The SMILES string of the molecule is CC1Oc2c(nc3c(C(F)(F)F)cccc3c2C(=O)O)C1c1ccccc1. The van der Waals surface area contributed by atoms with E-state index in [4.69, 9.17) is 4.74 Å². The van der Waals surface area contributed by atoms with Crippen molar-refractivity contribution in [3.05, 3.63) is 70.9 Å². The summed E-state index contributed by atoms with van der Waals surface area (Å²) in [5, 5.41) is 9.61. The van der Waals surface area contributed by atoms with E-state index in [-0.39, 0.29) is 27.9 Å². The van der Waals surface area contributed by atoms with Crippen LogP contribution in [0.25, 0.3) is 10.9 Å². The molecule has 0 bridgehead atoms. The van der Waals surface area contributed by atoms with Crippen LogP contribution in [0, 0.1) is 0 Å². The fraction of sp³-hybridized carbons (Fsp3) is 0.200. The second kappa shape index (κ2) is 5.97. The molecule has 4 nitrogen and oxygen atoms in total. The number of fused-ring (bicyclic) bond motifs is 2. The molecule has 27 heavy (non-hydrogen) atoms. The fourth-order valence-electron chi connectivity index (χ4n) is 3.62.